The normalized spacial score (nSPS) is 10.5. The van der Waals surface area contributed by atoms with E-state index in [-0.39, 0.29) is 10.8 Å². The standard InChI is InChI=1S/C13H10Cl2N2OS/c1-6-11(7(2)18)13(19)17-12(16-6)9-4-3-8(14)5-10(9)15/h3-5H,1-2H3,(H,16,17,19)/p-1. The molecule has 1 heterocycles. The van der Waals surface area contributed by atoms with Crippen LogP contribution in [0.4, 0.5) is 0 Å². The largest absolute Gasteiger partial charge is 0.759 e. The van der Waals surface area contributed by atoms with Crippen LogP contribution in [-0.4, -0.2) is 15.8 Å². The monoisotopic (exact) mass is 311 g/mol. The fraction of sp³-hybridized carbons (Fsp3) is 0.154. The minimum atomic E-state index is -0.142. The highest BCUT2D eigenvalue weighted by Gasteiger charge is 2.12. The van der Waals surface area contributed by atoms with Gasteiger partial charge in [0.2, 0.25) is 0 Å². The van der Waals surface area contributed by atoms with E-state index >= 15 is 0 Å². The van der Waals surface area contributed by atoms with Gasteiger partial charge < -0.3 is 12.6 Å². The zero-order valence-electron chi connectivity index (χ0n) is 10.2. The van der Waals surface area contributed by atoms with Gasteiger partial charge in [-0.2, -0.15) is 0 Å². The number of benzene rings is 1. The molecule has 0 amide bonds. The van der Waals surface area contributed by atoms with Crippen molar-refractivity contribution < 1.29 is 4.79 Å². The lowest BCUT2D eigenvalue weighted by Gasteiger charge is -2.15. The van der Waals surface area contributed by atoms with Gasteiger partial charge in [-0.05, 0) is 32.0 Å². The summed E-state index contributed by atoms with van der Waals surface area (Å²) in [7, 11) is 0. The number of aryl methyl sites for hydroxylation is 1. The maximum atomic E-state index is 11.5. The highest BCUT2D eigenvalue weighted by Crippen LogP contribution is 2.29. The minimum absolute atomic E-state index is 0.142. The van der Waals surface area contributed by atoms with E-state index in [1.54, 1.807) is 25.1 Å². The van der Waals surface area contributed by atoms with E-state index in [0.29, 0.717) is 32.7 Å². The van der Waals surface area contributed by atoms with Crippen molar-refractivity contribution in [1.82, 2.24) is 9.97 Å². The maximum Gasteiger partial charge on any atom is 0.161 e. The Hall–Kier alpha value is -1.23. The number of hydrogen-bond donors (Lipinski definition) is 0. The van der Waals surface area contributed by atoms with Gasteiger partial charge in [0, 0.05) is 16.1 Å². The number of aromatic nitrogens is 2. The Morgan fingerprint density at radius 1 is 1.26 bits per heavy atom. The number of carbonyl (C=O) groups is 1. The summed E-state index contributed by atoms with van der Waals surface area (Å²) in [5.74, 6) is 0.255. The van der Waals surface area contributed by atoms with E-state index < -0.39 is 0 Å². The van der Waals surface area contributed by atoms with Gasteiger partial charge in [-0.3, -0.25) is 9.78 Å². The number of halogens is 2. The van der Waals surface area contributed by atoms with Gasteiger partial charge in [-0.25, -0.2) is 4.98 Å². The molecule has 0 unspecified atom stereocenters. The Morgan fingerprint density at radius 2 is 1.95 bits per heavy atom. The molecule has 0 bridgehead atoms. The van der Waals surface area contributed by atoms with Crippen molar-refractivity contribution in [3.63, 3.8) is 0 Å². The smallest absolute Gasteiger partial charge is 0.161 e. The van der Waals surface area contributed by atoms with E-state index in [2.05, 4.69) is 9.97 Å². The molecule has 1 aromatic carbocycles. The molecule has 0 aliphatic carbocycles. The zero-order chi connectivity index (χ0) is 14.2. The highest BCUT2D eigenvalue weighted by molar-refractivity contribution is 7.58. The van der Waals surface area contributed by atoms with Crippen LogP contribution in [0.15, 0.2) is 23.2 Å². The van der Waals surface area contributed by atoms with Crippen molar-refractivity contribution >= 4 is 41.6 Å². The lowest BCUT2D eigenvalue weighted by Crippen LogP contribution is -2.06. The Morgan fingerprint density at radius 3 is 2.47 bits per heavy atom. The third-order valence-electron chi connectivity index (χ3n) is 2.58. The van der Waals surface area contributed by atoms with Crippen molar-refractivity contribution in [2.24, 2.45) is 0 Å². The summed E-state index contributed by atoms with van der Waals surface area (Å²) in [6.45, 7) is 3.16. The number of rotatable bonds is 2. The third kappa shape index (κ3) is 2.86. The Bertz CT molecular complexity index is 651. The van der Waals surface area contributed by atoms with Crippen LogP contribution in [0.2, 0.25) is 10.0 Å². The fourth-order valence-corrected chi connectivity index (χ4v) is 2.61. The second-order valence-corrected chi connectivity index (χ2v) is 5.22. The first kappa shape index (κ1) is 14.2. The molecule has 0 saturated carbocycles. The van der Waals surface area contributed by atoms with Gasteiger partial charge in [0.1, 0.15) is 0 Å². The van der Waals surface area contributed by atoms with Gasteiger partial charge in [-0.15, -0.1) is 0 Å². The molecule has 0 fully saturated rings. The first-order valence-electron chi connectivity index (χ1n) is 5.42. The van der Waals surface area contributed by atoms with E-state index in [0.717, 1.165) is 0 Å². The third-order valence-corrected chi connectivity index (χ3v) is 3.42. The highest BCUT2D eigenvalue weighted by atomic mass is 35.5. The minimum Gasteiger partial charge on any atom is -0.759 e. The SMILES string of the molecule is CC(=O)c1c(C)nc(-c2ccc(Cl)cc2Cl)nc1[S-]. The van der Waals surface area contributed by atoms with Crippen LogP contribution in [0.25, 0.3) is 11.4 Å². The number of ketones is 1. The molecule has 0 saturated heterocycles. The van der Waals surface area contributed by atoms with Gasteiger partial charge in [0.15, 0.2) is 11.6 Å². The average molecular weight is 312 g/mol. The van der Waals surface area contributed by atoms with Crippen LogP contribution in [0.5, 0.6) is 0 Å². The molecule has 0 N–H and O–H groups in total. The lowest BCUT2D eigenvalue weighted by molar-refractivity contribution is 0.101. The molecular formula is C13H9Cl2N2OS-. The molecule has 98 valence electrons. The average Bonchev–Trinajstić information content (AvgIpc) is 2.26. The van der Waals surface area contributed by atoms with E-state index in [1.165, 1.54) is 6.92 Å². The van der Waals surface area contributed by atoms with Crippen LogP contribution in [0.3, 0.4) is 0 Å². The second-order valence-electron chi connectivity index (χ2n) is 3.99. The van der Waals surface area contributed by atoms with Gasteiger partial charge in [0.25, 0.3) is 0 Å². The van der Waals surface area contributed by atoms with E-state index in [1.807, 2.05) is 0 Å². The molecule has 0 aliphatic rings. The first-order valence-corrected chi connectivity index (χ1v) is 6.58. The number of Topliss-reactive ketones (excluding diaryl/α,β-unsaturated/α-hetero) is 1. The molecule has 0 atom stereocenters. The van der Waals surface area contributed by atoms with Crippen LogP contribution < -0.4 is 0 Å². The van der Waals surface area contributed by atoms with Crippen molar-refractivity contribution in [3.05, 3.63) is 39.5 Å². The molecule has 2 aromatic rings. The summed E-state index contributed by atoms with van der Waals surface area (Å²) >= 11 is 17.1. The summed E-state index contributed by atoms with van der Waals surface area (Å²) in [6.07, 6.45) is 0. The number of hydrogen-bond acceptors (Lipinski definition) is 4. The molecule has 19 heavy (non-hydrogen) atoms. The predicted octanol–water partition coefficient (Wildman–Crippen LogP) is 3.87. The zero-order valence-corrected chi connectivity index (χ0v) is 12.5. The van der Waals surface area contributed by atoms with E-state index in [4.69, 9.17) is 35.8 Å². The Labute approximate surface area is 126 Å². The summed E-state index contributed by atoms with van der Waals surface area (Å²) in [6, 6.07) is 5.03. The number of nitrogens with zero attached hydrogens (tertiary/aromatic N) is 2. The number of carbonyl (C=O) groups excluding carboxylic acids is 1. The van der Waals surface area contributed by atoms with Crippen molar-refractivity contribution in [2.45, 2.75) is 18.9 Å². The lowest BCUT2D eigenvalue weighted by atomic mass is 10.1. The van der Waals surface area contributed by atoms with Crippen molar-refractivity contribution in [1.29, 1.82) is 0 Å². The summed E-state index contributed by atoms with van der Waals surface area (Å²) < 4.78 is 0. The summed E-state index contributed by atoms with van der Waals surface area (Å²) in [4.78, 5) is 19.9. The van der Waals surface area contributed by atoms with Gasteiger partial charge in [-0.1, -0.05) is 28.2 Å². The van der Waals surface area contributed by atoms with E-state index in [9.17, 15) is 4.79 Å². The summed E-state index contributed by atoms with van der Waals surface area (Å²) in [5.41, 5.74) is 1.56. The quantitative estimate of drug-likeness (QED) is 0.480. The second kappa shape index (κ2) is 5.41. The first-order chi connectivity index (χ1) is 8.90. The molecule has 6 heteroatoms. The van der Waals surface area contributed by atoms with Crippen LogP contribution in [0, 0.1) is 6.92 Å². The van der Waals surface area contributed by atoms with Crippen LogP contribution in [0.1, 0.15) is 23.0 Å². The van der Waals surface area contributed by atoms with Gasteiger partial charge in [0.05, 0.1) is 10.7 Å². The molecule has 0 aliphatic heterocycles. The van der Waals surface area contributed by atoms with Crippen LogP contribution >= 0.6 is 23.2 Å². The fourth-order valence-electron chi connectivity index (χ4n) is 1.74. The topological polar surface area (TPSA) is 42.9 Å². The molecule has 0 radical (unpaired) electrons. The molecule has 2 rings (SSSR count). The van der Waals surface area contributed by atoms with Gasteiger partial charge >= 0.3 is 0 Å². The Kier molecular flexibility index (Phi) is 4.04. The predicted molar refractivity (Wildman–Crippen MR) is 77.9 cm³/mol. The maximum absolute atomic E-state index is 11.5. The molecule has 0 spiro atoms. The van der Waals surface area contributed by atoms with Crippen molar-refractivity contribution in [2.75, 3.05) is 0 Å². The molecular weight excluding hydrogens is 303 g/mol. The van der Waals surface area contributed by atoms with Crippen LogP contribution in [-0.2, 0) is 12.6 Å². The summed E-state index contributed by atoms with van der Waals surface area (Å²) in [5, 5.41) is 1.21. The van der Waals surface area contributed by atoms with Crippen molar-refractivity contribution in [3.8, 4) is 11.4 Å². The molecule has 3 nitrogen and oxygen atoms in total. The Balaban J connectivity index is 2.61. The molecule has 1 aromatic heterocycles.